The minimum absolute atomic E-state index is 0.115. The number of rotatable bonds is 4. The topological polar surface area (TPSA) is 32.3 Å². The van der Waals surface area contributed by atoms with Gasteiger partial charge in [0, 0.05) is 13.1 Å². The number of nitrogens with one attached hydrogen (secondary N) is 1. The van der Waals surface area contributed by atoms with Gasteiger partial charge in [-0.15, -0.1) is 0 Å². The zero-order chi connectivity index (χ0) is 14.5. The summed E-state index contributed by atoms with van der Waals surface area (Å²) in [4.78, 5) is 14.3. The number of nitrogens with zero attached hydrogens (tertiary/aromatic N) is 1. The molecule has 0 aromatic heterocycles. The Morgan fingerprint density at radius 2 is 2.15 bits per heavy atom. The van der Waals surface area contributed by atoms with Gasteiger partial charge in [-0.3, -0.25) is 4.79 Å². The summed E-state index contributed by atoms with van der Waals surface area (Å²) in [6, 6.07) is 3.93. The van der Waals surface area contributed by atoms with Crippen molar-refractivity contribution >= 4 is 17.5 Å². The van der Waals surface area contributed by atoms with Gasteiger partial charge < -0.3 is 10.2 Å². The minimum atomic E-state index is -0.423. The lowest BCUT2D eigenvalue weighted by Crippen LogP contribution is -2.39. The number of piperidine rings is 1. The van der Waals surface area contributed by atoms with E-state index in [0.717, 1.165) is 32.5 Å². The molecule has 0 spiro atoms. The molecule has 1 saturated heterocycles. The number of carbonyl (C=O) groups is 1. The highest BCUT2D eigenvalue weighted by molar-refractivity contribution is 6.33. The molecule has 2 rings (SSSR count). The molecule has 0 saturated carbocycles. The highest BCUT2D eigenvalue weighted by Gasteiger charge is 2.22. The first-order chi connectivity index (χ1) is 9.61. The molecule has 0 radical (unpaired) electrons. The van der Waals surface area contributed by atoms with Crippen molar-refractivity contribution in [2.24, 2.45) is 5.92 Å². The highest BCUT2D eigenvalue weighted by Crippen LogP contribution is 2.21. The van der Waals surface area contributed by atoms with Gasteiger partial charge in [-0.1, -0.05) is 11.6 Å². The van der Waals surface area contributed by atoms with Gasteiger partial charge in [-0.2, -0.15) is 0 Å². The second-order valence-electron chi connectivity index (χ2n) is 5.16. The summed E-state index contributed by atoms with van der Waals surface area (Å²) in [7, 11) is 0. The van der Waals surface area contributed by atoms with Crippen LogP contribution in [0.4, 0.5) is 4.39 Å². The Hall–Kier alpha value is -1.13. The fourth-order valence-electron chi connectivity index (χ4n) is 2.56. The molecule has 1 N–H and O–H groups in total. The van der Waals surface area contributed by atoms with Crippen molar-refractivity contribution in [2.45, 2.75) is 19.8 Å². The Labute approximate surface area is 124 Å². The molecule has 1 aliphatic heterocycles. The van der Waals surface area contributed by atoms with Crippen LogP contribution in [0, 0.1) is 11.7 Å². The number of hydrogen-bond acceptors (Lipinski definition) is 2. The monoisotopic (exact) mass is 298 g/mol. The normalized spacial score (nSPS) is 16.1. The Kier molecular flexibility index (Phi) is 5.38. The molecule has 20 heavy (non-hydrogen) atoms. The Morgan fingerprint density at radius 1 is 1.45 bits per heavy atom. The van der Waals surface area contributed by atoms with E-state index in [0.29, 0.717) is 18.0 Å². The SMILES string of the molecule is CCN(CC1CCNCC1)C(=O)c1ccc(F)cc1Cl. The predicted octanol–water partition coefficient (Wildman–Crippen LogP) is 2.94. The van der Waals surface area contributed by atoms with Gasteiger partial charge in [0.25, 0.3) is 5.91 Å². The van der Waals surface area contributed by atoms with Crippen molar-refractivity contribution in [3.63, 3.8) is 0 Å². The maximum absolute atomic E-state index is 13.1. The molecule has 0 atom stereocenters. The summed E-state index contributed by atoms with van der Waals surface area (Å²) in [6.45, 7) is 5.35. The average Bonchev–Trinajstić information content (AvgIpc) is 2.45. The fourth-order valence-corrected chi connectivity index (χ4v) is 2.81. The molecule has 110 valence electrons. The van der Waals surface area contributed by atoms with Crippen LogP contribution in [-0.2, 0) is 0 Å². The van der Waals surface area contributed by atoms with E-state index in [1.165, 1.54) is 18.2 Å². The first-order valence-electron chi connectivity index (χ1n) is 7.07. The second-order valence-corrected chi connectivity index (χ2v) is 5.57. The Balaban J connectivity index is 2.07. The summed E-state index contributed by atoms with van der Waals surface area (Å²) in [5, 5.41) is 3.50. The Bertz CT molecular complexity index is 475. The second kappa shape index (κ2) is 7.04. The van der Waals surface area contributed by atoms with Crippen LogP contribution in [0.2, 0.25) is 5.02 Å². The van der Waals surface area contributed by atoms with E-state index in [4.69, 9.17) is 11.6 Å². The molecule has 0 unspecified atom stereocenters. The van der Waals surface area contributed by atoms with E-state index in [-0.39, 0.29) is 10.9 Å². The molecule has 1 amide bonds. The highest BCUT2D eigenvalue weighted by atomic mass is 35.5. The first-order valence-corrected chi connectivity index (χ1v) is 7.44. The summed E-state index contributed by atoms with van der Waals surface area (Å²) < 4.78 is 13.1. The lowest BCUT2D eigenvalue weighted by molar-refractivity contribution is 0.0727. The molecular weight excluding hydrogens is 279 g/mol. The minimum Gasteiger partial charge on any atom is -0.339 e. The number of benzene rings is 1. The molecule has 0 aliphatic carbocycles. The maximum atomic E-state index is 13.1. The zero-order valence-corrected chi connectivity index (χ0v) is 12.4. The third-order valence-electron chi connectivity index (χ3n) is 3.77. The molecule has 5 heteroatoms. The van der Waals surface area contributed by atoms with Crippen molar-refractivity contribution in [3.8, 4) is 0 Å². The van der Waals surface area contributed by atoms with E-state index in [1.807, 2.05) is 6.92 Å². The van der Waals surface area contributed by atoms with Gasteiger partial charge in [0.1, 0.15) is 5.82 Å². The maximum Gasteiger partial charge on any atom is 0.255 e. The van der Waals surface area contributed by atoms with Crippen LogP contribution in [0.5, 0.6) is 0 Å². The van der Waals surface area contributed by atoms with Gasteiger partial charge >= 0.3 is 0 Å². The molecule has 1 aromatic rings. The Morgan fingerprint density at radius 3 is 2.75 bits per heavy atom. The van der Waals surface area contributed by atoms with Crippen LogP contribution in [0.1, 0.15) is 30.1 Å². The van der Waals surface area contributed by atoms with E-state index in [1.54, 1.807) is 4.90 Å². The number of halogens is 2. The number of hydrogen-bond donors (Lipinski definition) is 1. The van der Waals surface area contributed by atoms with Gasteiger partial charge in [0.15, 0.2) is 0 Å². The summed E-state index contributed by atoms with van der Waals surface area (Å²) >= 11 is 5.97. The quantitative estimate of drug-likeness (QED) is 0.927. The van der Waals surface area contributed by atoms with Crippen LogP contribution in [0.15, 0.2) is 18.2 Å². The predicted molar refractivity (Wildman–Crippen MR) is 78.6 cm³/mol. The third-order valence-corrected chi connectivity index (χ3v) is 4.08. The molecule has 3 nitrogen and oxygen atoms in total. The van der Waals surface area contributed by atoms with Gasteiger partial charge in [0.2, 0.25) is 0 Å². The average molecular weight is 299 g/mol. The van der Waals surface area contributed by atoms with Crippen LogP contribution in [-0.4, -0.2) is 37.0 Å². The van der Waals surface area contributed by atoms with Crippen molar-refractivity contribution in [3.05, 3.63) is 34.6 Å². The molecule has 0 bridgehead atoms. The van der Waals surface area contributed by atoms with E-state index >= 15 is 0 Å². The smallest absolute Gasteiger partial charge is 0.255 e. The molecule has 1 aromatic carbocycles. The lowest BCUT2D eigenvalue weighted by Gasteiger charge is -2.29. The lowest BCUT2D eigenvalue weighted by atomic mass is 9.97. The summed E-state index contributed by atoms with van der Waals surface area (Å²) in [5.41, 5.74) is 0.379. The van der Waals surface area contributed by atoms with Gasteiger partial charge in [-0.25, -0.2) is 4.39 Å². The van der Waals surface area contributed by atoms with E-state index in [2.05, 4.69) is 5.32 Å². The number of carbonyl (C=O) groups excluding carboxylic acids is 1. The summed E-state index contributed by atoms with van der Waals surface area (Å²) in [5.74, 6) is -0.0108. The van der Waals surface area contributed by atoms with E-state index in [9.17, 15) is 9.18 Å². The van der Waals surface area contributed by atoms with Crippen LogP contribution in [0.25, 0.3) is 0 Å². The van der Waals surface area contributed by atoms with Crippen LogP contribution >= 0.6 is 11.6 Å². The number of amides is 1. The third kappa shape index (κ3) is 3.70. The largest absolute Gasteiger partial charge is 0.339 e. The van der Waals surface area contributed by atoms with Crippen LogP contribution < -0.4 is 5.32 Å². The van der Waals surface area contributed by atoms with Crippen molar-refractivity contribution in [2.75, 3.05) is 26.2 Å². The molecule has 1 fully saturated rings. The zero-order valence-electron chi connectivity index (χ0n) is 11.7. The van der Waals surface area contributed by atoms with Crippen molar-refractivity contribution in [1.82, 2.24) is 10.2 Å². The molecule has 1 aliphatic rings. The molecular formula is C15H20ClFN2O. The fraction of sp³-hybridized carbons (Fsp3) is 0.533. The standard InChI is InChI=1S/C15H20ClFN2O/c1-2-19(10-11-5-7-18-8-6-11)15(20)13-4-3-12(17)9-14(13)16/h3-4,9,11,18H,2,5-8,10H2,1H3. The van der Waals surface area contributed by atoms with Crippen molar-refractivity contribution < 1.29 is 9.18 Å². The summed E-state index contributed by atoms with van der Waals surface area (Å²) in [6.07, 6.45) is 2.17. The van der Waals surface area contributed by atoms with Crippen molar-refractivity contribution in [1.29, 1.82) is 0 Å². The van der Waals surface area contributed by atoms with E-state index < -0.39 is 5.82 Å². The first kappa shape index (κ1) is 15.3. The molecule has 1 heterocycles. The van der Waals surface area contributed by atoms with Gasteiger partial charge in [0.05, 0.1) is 10.6 Å². The van der Waals surface area contributed by atoms with Gasteiger partial charge in [-0.05, 0) is 57.0 Å². The van der Waals surface area contributed by atoms with Crippen LogP contribution in [0.3, 0.4) is 0 Å².